The molecular weight excluding hydrogens is 365 g/mol. The van der Waals surface area contributed by atoms with Crippen molar-refractivity contribution < 1.29 is 13.5 Å². The zero-order valence-electron chi connectivity index (χ0n) is 10.3. The Labute approximate surface area is 122 Å². The summed E-state index contributed by atoms with van der Waals surface area (Å²) in [5.74, 6) is 0. The summed E-state index contributed by atoms with van der Waals surface area (Å²) in [5, 5.41) is 8.98. The molecule has 18 heavy (non-hydrogen) atoms. The third kappa shape index (κ3) is 4.18. The lowest BCUT2D eigenvalue weighted by Gasteiger charge is -2.21. The summed E-state index contributed by atoms with van der Waals surface area (Å²) in [5.41, 5.74) is 0. The van der Waals surface area contributed by atoms with Gasteiger partial charge >= 0.3 is 0 Å². The minimum absolute atomic E-state index is 0.147. The Kier molecular flexibility index (Phi) is 6.54. The van der Waals surface area contributed by atoms with E-state index in [1.807, 2.05) is 6.92 Å². The fraction of sp³-hybridized carbons (Fsp3) is 0.500. The van der Waals surface area contributed by atoms with E-state index in [2.05, 4.69) is 22.6 Å². The average Bonchev–Trinajstić information content (AvgIpc) is 2.35. The summed E-state index contributed by atoms with van der Waals surface area (Å²) in [6.07, 6.45) is 1.72. The molecule has 0 spiro atoms. The Morgan fingerprint density at radius 3 is 2.33 bits per heavy atom. The maximum absolute atomic E-state index is 12.4. The number of unbranched alkanes of at least 4 members (excludes halogenated alkanes) is 1. The Balaban J connectivity index is 2.96. The number of sulfonamides is 1. The highest BCUT2D eigenvalue weighted by molar-refractivity contribution is 14.1. The number of halogens is 1. The van der Waals surface area contributed by atoms with Gasteiger partial charge in [-0.3, -0.25) is 0 Å². The van der Waals surface area contributed by atoms with Crippen LogP contribution in [-0.4, -0.2) is 37.5 Å². The van der Waals surface area contributed by atoms with Gasteiger partial charge in [0.25, 0.3) is 0 Å². The van der Waals surface area contributed by atoms with E-state index < -0.39 is 10.0 Å². The summed E-state index contributed by atoms with van der Waals surface area (Å²) in [6.45, 7) is 2.45. The maximum Gasteiger partial charge on any atom is 0.243 e. The molecule has 0 atom stereocenters. The van der Waals surface area contributed by atoms with E-state index in [0.29, 0.717) is 6.54 Å². The van der Waals surface area contributed by atoms with Crippen LogP contribution in [0.25, 0.3) is 0 Å². The SMILES string of the molecule is CCCCN(CCO)S(=O)(=O)c1ccc(I)cc1. The molecule has 0 aliphatic heterocycles. The topological polar surface area (TPSA) is 57.6 Å². The monoisotopic (exact) mass is 383 g/mol. The predicted molar refractivity (Wildman–Crippen MR) is 79.9 cm³/mol. The normalized spacial score (nSPS) is 12.0. The summed E-state index contributed by atoms with van der Waals surface area (Å²) in [7, 11) is -3.48. The van der Waals surface area contributed by atoms with Gasteiger partial charge in [0, 0.05) is 16.7 Å². The lowest BCUT2D eigenvalue weighted by Crippen LogP contribution is -2.34. The van der Waals surface area contributed by atoms with Gasteiger partial charge in [-0.1, -0.05) is 13.3 Å². The number of rotatable bonds is 7. The van der Waals surface area contributed by atoms with Crippen molar-refractivity contribution in [3.8, 4) is 0 Å². The summed E-state index contributed by atoms with van der Waals surface area (Å²) in [6, 6.07) is 6.75. The summed E-state index contributed by atoms with van der Waals surface area (Å²) >= 11 is 2.13. The first-order valence-corrected chi connectivity index (χ1v) is 8.40. The Morgan fingerprint density at radius 2 is 1.83 bits per heavy atom. The molecule has 0 heterocycles. The van der Waals surface area contributed by atoms with Gasteiger partial charge in [-0.15, -0.1) is 0 Å². The zero-order valence-corrected chi connectivity index (χ0v) is 13.3. The van der Waals surface area contributed by atoms with Gasteiger partial charge in [-0.25, -0.2) is 8.42 Å². The van der Waals surface area contributed by atoms with Crippen molar-refractivity contribution in [2.45, 2.75) is 24.7 Å². The van der Waals surface area contributed by atoms with Gasteiger partial charge in [0.1, 0.15) is 0 Å². The van der Waals surface area contributed by atoms with Crippen LogP contribution in [0.3, 0.4) is 0 Å². The first-order valence-electron chi connectivity index (χ1n) is 5.89. The number of aliphatic hydroxyl groups is 1. The Bertz CT molecular complexity index is 459. The lowest BCUT2D eigenvalue weighted by atomic mass is 10.3. The van der Waals surface area contributed by atoms with E-state index in [-0.39, 0.29) is 18.0 Å². The minimum Gasteiger partial charge on any atom is -0.395 e. The van der Waals surface area contributed by atoms with E-state index in [4.69, 9.17) is 5.11 Å². The Morgan fingerprint density at radius 1 is 1.22 bits per heavy atom. The summed E-state index contributed by atoms with van der Waals surface area (Å²) in [4.78, 5) is 0.285. The highest BCUT2D eigenvalue weighted by Crippen LogP contribution is 2.17. The molecule has 0 fully saturated rings. The van der Waals surface area contributed by atoms with E-state index in [9.17, 15) is 8.42 Å². The number of hydrogen-bond acceptors (Lipinski definition) is 3. The highest BCUT2D eigenvalue weighted by Gasteiger charge is 2.23. The van der Waals surface area contributed by atoms with Crippen molar-refractivity contribution in [3.05, 3.63) is 27.8 Å². The van der Waals surface area contributed by atoms with Crippen LogP contribution >= 0.6 is 22.6 Å². The summed E-state index contributed by atoms with van der Waals surface area (Å²) < 4.78 is 27.0. The fourth-order valence-corrected chi connectivity index (χ4v) is 3.38. The van der Waals surface area contributed by atoms with Crippen LogP contribution in [0.15, 0.2) is 29.2 Å². The molecule has 0 saturated carbocycles. The van der Waals surface area contributed by atoms with Crippen molar-refractivity contribution in [2.24, 2.45) is 0 Å². The standard InChI is InChI=1S/C12H18INO3S/c1-2-3-8-14(9-10-15)18(16,17)12-6-4-11(13)5-7-12/h4-7,15H,2-3,8-10H2,1H3. The molecule has 0 bridgehead atoms. The lowest BCUT2D eigenvalue weighted by molar-refractivity contribution is 0.252. The molecule has 0 unspecified atom stereocenters. The third-order valence-corrected chi connectivity index (χ3v) is 5.19. The van der Waals surface area contributed by atoms with Crippen molar-refractivity contribution >= 4 is 32.6 Å². The molecule has 0 aromatic heterocycles. The van der Waals surface area contributed by atoms with E-state index in [0.717, 1.165) is 16.4 Å². The predicted octanol–water partition coefficient (Wildman–Crippen LogP) is 2.07. The third-order valence-electron chi connectivity index (χ3n) is 2.56. The van der Waals surface area contributed by atoms with E-state index in [1.54, 1.807) is 24.3 Å². The van der Waals surface area contributed by atoms with Gasteiger partial charge in [0.05, 0.1) is 11.5 Å². The quantitative estimate of drug-likeness (QED) is 0.734. The smallest absolute Gasteiger partial charge is 0.243 e. The molecule has 102 valence electrons. The first-order chi connectivity index (χ1) is 8.52. The molecule has 0 aliphatic rings. The Hall–Kier alpha value is -0.180. The van der Waals surface area contributed by atoms with Crippen LogP contribution in [0.1, 0.15) is 19.8 Å². The largest absolute Gasteiger partial charge is 0.395 e. The minimum atomic E-state index is -3.48. The second-order valence-corrected chi connectivity index (χ2v) is 7.12. The van der Waals surface area contributed by atoms with Gasteiger partial charge in [0.2, 0.25) is 10.0 Å². The van der Waals surface area contributed by atoms with Crippen LogP contribution in [-0.2, 0) is 10.0 Å². The molecule has 0 aliphatic carbocycles. The van der Waals surface area contributed by atoms with Crippen LogP contribution in [0, 0.1) is 3.57 Å². The molecular formula is C12H18INO3S. The molecule has 0 radical (unpaired) electrons. The molecule has 6 heteroatoms. The van der Waals surface area contributed by atoms with Crippen LogP contribution in [0.4, 0.5) is 0 Å². The first kappa shape index (κ1) is 15.9. The number of benzene rings is 1. The molecule has 4 nitrogen and oxygen atoms in total. The second-order valence-electron chi connectivity index (χ2n) is 3.94. The molecule has 1 aromatic rings. The van der Waals surface area contributed by atoms with Gasteiger partial charge in [-0.05, 0) is 53.3 Å². The number of hydrogen-bond donors (Lipinski definition) is 1. The van der Waals surface area contributed by atoms with Gasteiger partial charge < -0.3 is 5.11 Å². The molecule has 1 rings (SSSR count). The fourth-order valence-electron chi connectivity index (χ4n) is 1.55. The van der Waals surface area contributed by atoms with Gasteiger partial charge in [-0.2, -0.15) is 4.31 Å². The van der Waals surface area contributed by atoms with Crippen LogP contribution in [0.5, 0.6) is 0 Å². The number of aliphatic hydroxyl groups excluding tert-OH is 1. The van der Waals surface area contributed by atoms with Crippen molar-refractivity contribution in [1.82, 2.24) is 4.31 Å². The maximum atomic E-state index is 12.4. The van der Waals surface area contributed by atoms with Crippen molar-refractivity contribution in [2.75, 3.05) is 19.7 Å². The molecule has 0 amide bonds. The van der Waals surface area contributed by atoms with E-state index in [1.165, 1.54) is 4.31 Å². The van der Waals surface area contributed by atoms with Crippen molar-refractivity contribution in [3.63, 3.8) is 0 Å². The zero-order chi connectivity index (χ0) is 13.6. The average molecular weight is 383 g/mol. The molecule has 0 saturated heterocycles. The molecule has 1 aromatic carbocycles. The number of nitrogens with zero attached hydrogens (tertiary/aromatic N) is 1. The van der Waals surface area contributed by atoms with E-state index >= 15 is 0 Å². The highest BCUT2D eigenvalue weighted by atomic mass is 127. The van der Waals surface area contributed by atoms with Crippen LogP contribution < -0.4 is 0 Å². The van der Waals surface area contributed by atoms with Gasteiger partial charge in [0.15, 0.2) is 0 Å². The molecule has 1 N–H and O–H groups in total. The van der Waals surface area contributed by atoms with Crippen molar-refractivity contribution in [1.29, 1.82) is 0 Å². The van der Waals surface area contributed by atoms with Crippen LogP contribution in [0.2, 0.25) is 0 Å². The second kappa shape index (κ2) is 7.42.